The monoisotopic (exact) mass is 694 g/mol. The molecule has 2 amide bonds. The number of carbonyl (C=O) groups excluding carboxylic acids is 6. The highest BCUT2D eigenvalue weighted by Gasteiger charge is 2.56. The van der Waals surface area contributed by atoms with Crippen molar-refractivity contribution >= 4 is 41.9 Å². The second-order valence-corrected chi connectivity index (χ2v) is 13.8. The number of amides is 2. The van der Waals surface area contributed by atoms with Crippen molar-refractivity contribution in [2.24, 2.45) is 16.3 Å². The Labute approximate surface area is 294 Å². The molecule has 2 saturated carbocycles. The van der Waals surface area contributed by atoms with Crippen LogP contribution in [0.4, 0.5) is 9.59 Å². The average Bonchev–Trinajstić information content (AvgIpc) is 3.67. The number of ether oxygens (including phenoxy) is 4. The lowest BCUT2D eigenvalue weighted by atomic mass is 9.74. The Morgan fingerprint density at radius 3 is 1.86 bits per heavy atom. The van der Waals surface area contributed by atoms with E-state index < -0.39 is 46.7 Å². The van der Waals surface area contributed by atoms with Gasteiger partial charge in [-0.15, -0.1) is 0 Å². The first-order valence-corrected chi connectivity index (χ1v) is 16.5. The summed E-state index contributed by atoms with van der Waals surface area (Å²) in [5, 5.41) is 2.74. The lowest BCUT2D eigenvalue weighted by Crippen LogP contribution is -2.50. The van der Waals surface area contributed by atoms with Crippen molar-refractivity contribution in [2.45, 2.75) is 97.3 Å². The third kappa shape index (κ3) is 12.9. The van der Waals surface area contributed by atoms with Crippen molar-refractivity contribution in [2.75, 3.05) is 14.2 Å². The third-order valence-corrected chi connectivity index (χ3v) is 7.61. The number of hydrogen-bond donors (Lipinski definition) is 1. The van der Waals surface area contributed by atoms with Crippen molar-refractivity contribution in [3.8, 4) is 0 Å². The summed E-state index contributed by atoms with van der Waals surface area (Å²) in [6.07, 6.45) is 3.49. The maximum absolute atomic E-state index is 12.7. The molecule has 0 saturated heterocycles. The van der Waals surface area contributed by atoms with E-state index in [1.807, 2.05) is 57.2 Å². The van der Waals surface area contributed by atoms with Crippen LogP contribution in [0.15, 0.2) is 65.7 Å². The summed E-state index contributed by atoms with van der Waals surface area (Å²) in [5.74, 6) is -1.64. The average molecular weight is 695 g/mol. The van der Waals surface area contributed by atoms with Gasteiger partial charge in [0.1, 0.15) is 22.9 Å². The Morgan fingerprint density at radius 1 is 0.820 bits per heavy atom. The van der Waals surface area contributed by atoms with Gasteiger partial charge in [-0.3, -0.25) is 19.2 Å². The van der Waals surface area contributed by atoms with Gasteiger partial charge in [-0.25, -0.2) is 9.59 Å². The van der Waals surface area contributed by atoms with Crippen LogP contribution in [-0.2, 0) is 38.1 Å². The maximum Gasteiger partial charge on any atom is 0.434 e. The Hall–Kier alpha value is -4.87. The zero-order valence-corrected chi connectivity index (χ0v) is 30.3. The molecule has 0 heterocycles. The van der Waals surface area contributed by atoms with Gasteiger partial charge in [-0.05, 0) is 78.4 Å². The molecule has 2 aromatic carbocycles. The van der Waals surface area contributed by atoms with Gasteiger partial charge < -0.3 is 24.3 Å². The van der Waals surface area contributed by atoms with E-state index in [9.17, 15) is 28.8 Å². The van der Waals surface area contributed by atoms with E-state index in [1.54, 1.807) is 45.0 Å². The quantitative estimate of drug-likeness (QED) is 0.148. The molecular weight excluding hydrogens is 644 g/mol. The molecule has 2 aliphatic rings. The Kier molecular flexibility index (Phi) is 15.5. The van der Waals surface area contributed by atoms with Crippen LogP contribution in [0.25, 0.3) is 0 Å². The smallest absolute Gasteiger partial charge is 0.434 e. The molecule has 3 atom stereocenters. The SMILES string of the molecule is CC(C)(C)OC(=O)N=Cc1ccccc1.COC(=O)C1CCCC1=O.COC(=O)[C@]1([C@H](NC(=O)OC(C)(C)C)c2ccccc2)CCCC1=O. The molecular formula is C38H50N2O10. The largest absolute Gasteiger partial charge is 0.468 e. The lowest BCUT2D eigenvalue weighted by Gasteiger charge is -2.34. The van der Waals surface area contributed by atoms with Crippen molar-refractivity contribution < 1.29 is 47.7 Å². The molecule has 0 aliphatic heterocycles. The van der Waals surface area contributed by atoms with Gasteiger partial charge in [-0.1, -0.05) is 60.7 Å². The highest BCUT2D eigenvalue weighted by Crippen LogP contribution is 2.46. The summed E-state index contributed by atoms with van der Waals surface area (Å²) in [7, 11) is 2.57. The first-order valence-electron chi connectivity index (χ1n) is 16.5. The van der Waals surface area contributed by atoms with E-state index in [4.69, 9.17) is 14.2 Å². The van der Waals surface area contributed by atoms with Crippen LogP contribution in [0.3, 0.4) is 0 Å². The predicted molar refractivity (Wildman–Crippen MR) is 186 cm³/mol. The molecule has 272 valence electrons. The van der Waals surface area contributed by atoms with Crippen LogP contribution in [-0.4, -0.2) is 67.3 Å². The lowest BCUT2D eigenvalue weighted by molar-refractivity contribution is -0.159. The van der Waals surface area contributed by atoms with E-state index in [1.165, 1.54) is 20.4 Å². The second kappa shape index (κ2) is 18.8. The molecule has 12 heteroatoms. The molecule has 0 radical (unpaired) electrons. The van der Waals surface area contributed by atoms with Gasteiger partial charge in [0.15, 0.2) is 11.2 Å². The van der Waals surface area contributed by atoms with Crippen LogP contribution < -0.4 is 5.32 Å². The minimum Gasteiger partial charge on any atom is -0.468 e. The number of ketones is 2. The number of aliphatic imine (C=N–C) groups is 1. The fourth-order valence-corrected chi connectivity index (χ4v) is 5.44. The second-order valence-electron chi connectivity index (χ2n) is 13.8. The van der Waals surface area contributed by atoms with E-state index in [0.717, 1.165) is 12.0 Å². The third-order valence-electron chi connectivity index (χ3n) is 7.61. The van der Waals surface area contributed by atoms with E-state index in [2.05, 4.69) is 15.0 Å². The van der Waals surface area contributed by atoms with Gasteiger partial charge in [0.05, 0.1) is 20.3 Å². The van der Waals surface area contributed by atoms with Gasteiger partial charge in [0.2, 0.25) is 0 Å². The maximum atomic E-state index is 12.7. The highest BCUT2D eigenvalue weighted by atomic mass is 16.6. The number of methoxy groups -OCH3 is 2. The standard InChI is InChI=1S/C19H25NO5.C12H15NO2.C7H10O3/c1-18(2,3)25-17(23)20-15(13-9-6-5-7-10-13)19(16(22)24-4)12-8-11-14(19)21;1-12(2,3)15-11(14)13-9-10-7-5-4-6-8-10;1-10-7(9)5-3-2-4-6(5)8/h5-7,9-10,15H,8,11-12H2,1-4H3,(H,20,23);4-9H,1-3H3;5H,2-4H2,1H3/t15-,19-;;/m1../s1. The van der Waals surface area contributed by atoms with E-state index >= 15 is 0 Å². The zero-order chi connectivity index (χ0) is 37.5. The number of nitrogens with zero attached hydrogens (tertiary/aromatic N) is 1. The normalized spacial score (nSPS) is 19.2. The van der Waals surface area contributed by atoms with Gasteiger partial charge in [0, 0.05) is 19.1 Å². The van der Waals surface area contributed by atoms with Crippen molar-refractivity contribution in [1.29, 1.82) is 0 Å². The van der Waals surface area contributed by atoms with Crippen molar-refractivity contribution in [1.82, 2.24) is 5.32 Å². The summed E-state index contributed by atoms with van der Waals surface area (Å²) < 4.78 is 19.7. The molecule has 2 fully saturated rings. The molecule has 12 nitrogen and oxygen atoms in total. The van der Waals surface area contributed by atoms with Crippen molar-refractivity contribution in [3.63, 3.8) is 0 Å². The molecule has 4 rings (SSSR count). The van der Waals surface area contributed by atoms with Crippen LogP contribution in [0.1, 0.15) is 97.2 Å². The Balaban J connectivity index is 0.000000292. The highest BCUT2D eigenvalue weighted by molar-refractivity contribution is 6.06. The fourth-order valence-electron chi connectivity index (χ4n) is 5.44. The number of carbonyl (C=O) groups is 6. The molecule has 0 bridgehead atoms. The summed E-state index contributed by atoms with van der Waals surface area (Å²) >= 11 is 0. The van der Waals surface area contributed by atoms with Crippen LogP contribution >= 0.6 is 0 Å². The summed E-state index contributed by atoms with van der Waals surface area (Å²) in [6.45, 7) is 10.7. The summed E-state index contributed by atoms with van der Waals surface area (Å²) in [6, 6.07) is 17.5. The minimum absolute atomic E-state index is 0.0341. The number of esters is 2. The van der Waals surface area contributed by atoms with E-state index in [0.29, 0.717) is 31.2 Å². The first-order chi connectivity index (χ1) is 23.4. The minimum atomic E-state index is -1.42. The zero-order valence-electron chi connectivity index (χ0n) is 30.3. The molecule has 2 aromatic rings. The molecule has 0 aromatic heterocycles. The molecule has 1 N–H and O–H groups in total. The van der Waals surface area contributed by atoms with E-state index in [-0.39, 0.29) is 24.0 Å². The van der Waals surface area contributed by atoms with Gasteiger partial charge in [0.25, 0.3) is 0 Å². The fraction of sp³-hybridized carbons (Fsp3) is 0.500. The number of benzene rings is 2. The van der Waals surface area contributed by atoms with Crippen molar-refractivity contribution in [3.05, 3.63) is 71.8 Å². The predicted octanol–water partition coefficient (Wildman–Crippen LogP) is 6.73. The number of Topliss-reactive ketones (excluding diaryl/α,β-unsaturated/α-hetero) is 2. The van der Waals surface area contributed by atoms with Crippen LogP contribution in [0.2, 0.25) is 0 Å². The van der Waals surface area contributed by atoms with Crippen LogP contribution in [0, 0.1) is 11.3 Å². The Bertz CT molecular complexity index is 1490. The summed E-state index contributed by atoms with van der Waals surface area (Å²) in [5.41, 5.74) is -1.07. The molecule has 1 unspecified atom stereocenters. The first kappa shape index (κ1) is 41.3. The molecule has 2 aliphatic carbocycles. The number of nitrogens with one attached hydrogen (secondary N) is 1. The number of hydrogen-bond acceptors (Lipinski definition) is 10. The van der Waals surface area contributed by atoms with Gasteiger partial charge >= 0.3 is 24.1 Å². The molecule has 0 spiro atoms. The molecule has 50 heavy (non-hydrogen) atoms. The Morgan fingerprint density at radius 2 is 1.40 bits per heavy atom. The number of rotatable bonds is 6. The van der Waals surface area contributed by atoms with Crippen LogP contribution in [0.5, 0.6) is 0 Å². The van der Waals surface area contributed by atoms with Gasteiger partial charge in [-0.2, -0.15) is 4.99 Å². The summed E-state index contributed by atoms with van der Waals surface area (Å²) in [4.78, 5) is 74.2. The number of alkyl carbamates (subject to hydrolysis) is 1. The topological polar surface area (TPSA) is 164 Å².